The number of ether oxygens (including phenoxy) is 1. The van der Waals surface area contributed by atoms with Gasteiger partial charge in [-0.05, 0) is 49.8 Å². The van der Waals surface area contributed by atoms with Crippen LogP contribution in [0.4, 0.5) is 0 Å². The number of halogens is 1. The number of amides is 3. The highest BCUT2D eigenvalue weighted by Gasteiger charge is 2.34. The number of hydrogen-bond donors (Lipinski definition) is 4. The Morgan fingerprint density at radius 1 is 1.21 bits per heavy atom. The molecule has 4 atom stereocenters. The highest BCUT2D eigenvalue weighted by Crippen LogP contribution is 2.26. The monoisotopic (exact) mass is 495 g/mol. The van der Waals surface area contributed by atoms with Crippen molar-refractivity contribution in [3.63, 3.8) is 0 Å². The van der Waals surface area contributed by atoms with E-state index in [0.717, 1.165) is 0 Å². The molecule has 0 spiro atoms. The highest BCUT2D eigenvalue weighted by atomic mass is 35.5. The van der Waals surface area contributed by atoms with Crippen LogP contribution < -0.4 is 16.0 Å². The van der Waals surface area contributed by atoms with E-state index in [0.29, 0.717) is 30.0 Å². The zero-order valence-corrected chi connectivity index (χ0v) is 20.8. The van der Waals surface area contributed by atoms with Crippen molar-refractivity contribution in [3.8, 4) is 0 Å². The van der Waals surface area contributed by atoms with Crippen LogP contribution in [0.1, 0.15) is 52.0 Å². The Labute approximate surface area is 205 Å². The number of carbonyl (C=O) groups is 4. The molecule has 1 heterocycles. The Bertz CT molecular complexity index is 887. The lowest BCUT2D eigenvalue weighted by Crippen LogP contribution is -2.53. The molecule has 10 heteroatoms. The minimum absolute atomic E-state index is 0.0602. The molecule has 3 amide bonds. The van der Waals surface area contributed by atoms with E-state index < -0.39 is 41.4 Å². The Hall–Kier alpha value is -2.65. The summed E-state index contributed by atoms with van der Waals surface area (Å²) in [5.74, 6) is -2.25. The van der Waals surface area contributed by atoms with Gasteiger partial charge in [0.15, 0.2) is 0 Å². The number of carbonyl (C=O) groups excluding carboxylic acids is 4. The Morgan fingerprint density at radius 2 is 1.85 bits per heavy atom. The Balaban J connectivity index is 2.09. The molecule has 1 saturated heterocycles. The van der Waals surface area contributed by atoms with Crippen molar-refractivity contribution in [1.29, 1.82) is 0 Å². The number of methoxy groups -OCH3 is 1. The zero-order chi connectivity index (χ0) is 25.5. The van der Waals surface area contributed by atoms with E-state index in [-0.39, 0.29) is 24.7 Å². The molecule has 0 aromatic heterocycles. The van der Waals surface area contributed by atoms with Gasteiger partial charge in [0.25, 0.3) is 0 Å². The van der Waals surface area contributed by atoms with Gasteiger partial charge in [0.2, 0.25) is 17.7 Å². The Kier molecular flexibility index (Phi) is 9.88. The van der Waals surface area contributed by atoms with Crippen LogP contribution in [0, 0.1) is 11.8 Å². The first-order valence-corrected chi connectivity index (χ1v) is 11.7. The van der Waals surface area contributed by atoms with Gasteiger partial charge in [0.1, 0.15) is 12.1 Å². The van der Waals surface area contributed by atoms with Gasteiger partial charge in [-0.25, -0.2) is 4.79 Å². The fourth-order valence-electron chi connectivity index (χ4n) is 3.96. The highest BCUT2D eigenvalue weighted by molar-refractivity contribution is 6.30. The van der Waals surface area contributed by atoms with Crippen LogP contribution in [-0.2, 0) is 29.5 Å². The number of hydrogen-bond acceptors (Lipinski definition) is 6. The predicted octanol–water partition coefficient (Wildman–Crippen LogP) is 1.65. The van der Waals surface area contributed by atoms with Crippen LogP contribution in [0.5, 0.6) is 0 Å². The molecule has 0 radical (unpaired) electrons. The SMILES string of the molecule is COC(=O)[C@H](C[C@@H]1CCNC1=O)NC(=O)[C@H](CC(C)C)NC(=O)CC(C)(O)c1ccc(Cl)cc1. The van der Waals surface area contributed by atoms with Crippen LogP contribution in [0.25, 0.3) is 0 Å². The second kappa shape index (κ2) is 12.2. The van der Waals surface area contributed by atoms with Crippen LogP contribution in [0.3, 0.4) is 0 Å². The molecule has 1 aromatic rings. The topological polar surface area (TPSA) is 134 Å². The van der Waals surface area contributed by atoms with Gasteiger partial charge < -0.3 is 25.8 Å². The maximum absolute atomic E-state index is 13.1. The van der Waals surface area contributed by atoms with Crippen molar-refractivity contribution >= 4 is 35.3 Å². The van der Waals surface area contributed by atoms with E-state index in [1.807, 2.05) is 13.8 Å². The first-order valence-electron chi connectivity index (χ1n) is 11.4. The fraction of sp³-hybridized carbons (Fsp3) is 0.583. The number of esters is 1. The summed E-state index contributed by atoms with van der Waals surface area (Å²) in [5.41, 5.74) is -0.963. The third-order valence-electron chi connectivity index (χ3n) is 5.81. The third kappa shape index (κ3) is 7.99. The lowest BCUT2D eigenvalue weighted by Gasteiger charge is -2.27. The van der Waals surface area contributed by atoms with Crippen molar-refractivity contribution in [2.75, 3.05) is 13.7 Å². The lowest BCUT2D eigenvalue weighted by molar-refractivity contribution is -0.146. The van der Waals surface area contributed by atoms with Crippen molar-refractivity contribution in [2.24, 2.45) is 11.8 Å². The van der Waals surface area contributed by atoms with Crippen molar-refractivity contribution in [1.82, 2.24) is 16.0 Å². The van der Waals surface area contributed by atoms with E-state index >= 15 is 0 Å². The van der Waals surface area contributed by atoms with Gasteiger partial charge in [0, 0.05) is 17.5 Å². The summed E-state index contributed by atoms with van der Waals surface area (Å²) < 4.78 is 4.81. The molecule has 0 aliphatic carbocycles. The maximum Gasteiger partial charge on any atom is 0.328 e. The van der Waals surface area contributed by atoms with Gasteiger partial charge >= 0.3 is 5.97 Å². The molecule has 1 aliphatic rings. The average molecular weight is 496 g/mol. The molecule has 0 bridgehead atoms. The molecule has 188 valence electrons. The number of rotatable bonds is 11. The van der Waals surface area contributed by atoms with Crippen molar-refractivity contribution in [2.45, 2.75) is 64.1 Å². The first kappa shape index (κ1) is 27.6. The molecule has 4 N–H and O–H groups in total. The molecule has 9 nitrogen and oxygen atoms in total. The van der Waals surface area contributed by atoms with E-state index in [1.165, 1.54) is 14.0 Å². The summed E-state index contributed by atoms with van der Waals surface area (Å²) in [6.45, 7) is 5.83. The van der Waals surface area contributed by atoms with Crippen LogP contribution in [-0.4, -0.2) is 54.5 Å². The summed E-state index contributed by atoms with van der Waals surface area (Å²) in [4.78, 5) is 50.0. The summed E-state index contributed by atoms with van der Waals surface area (Å²) >= 11 is 5.89. The van der Waals surface area contributed by atoms with Gasteiger partial charge in [-0.1, -0.05) is 37.6 Å². The van der Waals surface area contributed by atoms with Crippen LogP contribution in [0.15, 0.2) is 24.3 Å². The zero-order valence-electron chi connectivity index (χ0n) is 20.0. The van der Waals surface area contributed by atoms with E-state index in [4.69, 9.17) is 16.3 Å². The molecule has 2 rings (SSSR count). The quantitative estimate of drug-likeness (QED) is 0.345. The molecule has 1 aromatic carbocycles. The normalized spacial score (nSPS) is 19.0. The summed E-state index contributed by atoms with van der Waals surface area (Å²) in [6.07, 6.45) is 0.712. The number of aliphatic hydroxyl groups is 1. The molecule has 34 heavy (non-hydrogen) atoms. The minimum atomic E-state index is -1.47. The van der Waals surface area contributed by atoms with Crippen LogP contribution >= 0.6 is 11.6 Å². The van der Waals surface area contributed by atoms with Gasteiger partial charge in [-0.15, -0.1) is 0 Å². The van der Waals surface area contributed by atoms with Gasteiger partial charge in [0.05, 0.1) is 19.1 Å². The van der Waals surface area contributed by atoms with Crippen molar-refractivity contribution in [3.05, 3.63) is 34.9 Å². The summed E-state index contributed by atoms with van der Waals surface area (Å²) in [6, 6.07) is 4.56. The number of benzene rings is 1. The molecule has 1 unspecified atom stereocenters. The first-order chi connectivity index (χ1) is 15.9. The van der Waals surface area contributed by atoms with E-state index in [2.05, 4.69) is 16.0 Å². The third-order valence-corrected chi connectivity index (χ3v) is 6.07. The summed E-state index contributed by atoms with van der Waals surface area (Å²) in [5, 5.41) is 19.3. The second-order valence-corrected chi connectivity index (χ2v) is 9.74. The lowest BCUT2D eigenvalue weighted by atomic mass is 9.92. The van der Waals surface area contributed by atoms with Gasteiger partial charge in [-0.2, -0.15) is 0 Å². The number of nitrogens with one attached hydrogen (secondary N) is 3. The van der Waals surface area contributed by atoms with Crippen LogP contribution in [0.2, 0.25) is 5.02 Å². The summed E-state index contributed by atoms with van der Waals surface area (Å²) in [7, 11) is 1.21. The fourth-order valence-corrected chi connectivity index (χ4v) is 4.08. The van der Waals surface area contributed by atoms with E-state index in [1.54, 1.807) is 24.3 Å². The molecule has 1 aliphatic heterocycles. The second-order valence-electron chi connectivity index (χ2n) is 9.30. The molecular formula is C24H34ClN3O6. The van der Waals surface area contributed by atoms with E-state index in [9.17, 15) is 24.3 Å². The molecule has 0 saturated carbocycles. The Morgan fingerprint density at radius 3 is 2.38 bits per heavy atom. The van der Waals surface area contributed by atoms with Crippen molar-refractivity contribution < 1.29 is 29.0 Å². The maximum atomic E-state index is 13.1. The smallest absolute Gasteiger partial charge is 0.328 e. The molecular weight excluding hydrogens is 462 g/mol. The van der Waals surface area contributed by atoms with Gasteiger partial charge in [-0.3, -0.25) is 14.4 Å². The molecule has 1 fully saturated rings. The average Bonchev–Trinajstić information content (AvgIpc) is 3.16. The largest absolute Gasteiger partial charge is 0.467 e. The standard InChI is InChI=1S/C24H34ClN3O6/c1-14(2)11-18(27-20(29)13-24(3,33)16-5-7-17(25)8-6-16)22(31)28-19(23(32)34-4)12-15-9-10-26-21(15)30/h5-8,14-15,18-19,33H,9-13H2,1-4H3,(H,26,30)(H,27,29)(H,28,31)/t15-,18-,19-,24?/m0/s1. The minimum Gasteiger partial charge on any atom is -0.467 e. The predicted molar refractivity (Wildman–Crippen MR) is 127 cm³/mol.